The standard InChI is InChI=1S/C8H12ClN3O2S/c1-2-5-11-15(13,14)12-7-4-3-6-10-8(7)9/h3-4,6,11-12H,2,5H2,1H3. The molecule has 5 nitrogen and oxygen atoms in total. The first kappa shape index (κ1) is 12.2. The zero-order chi connectivity index (χ0) is 11.3. The van der Waals surface area contributed by atoms with Crippen LogP contribution in [-0.2, 0) is 10.2 Å². The molecule has 0 aliphatic rings. The minimum atomic E-state index is -3.54. The second kappa shape index (κ2) is 5.29. The summed E-state index contributed by atoms with van der Waals surface area (Å²) < 4.78 is 27.5. The number of anilines is 1. The first-order chi connectivity index (χ1) is 7.05. The molecule has 0 atom stereocenters. The molecule has 0 spiro atoms. The summed E-state index contributed by atoms with van der Waals surface area (Å²) in [7, 11) is -3.54. The summed E-state index contributed by atoms with van der Waals surface area (Å²) in [6.07, 6.45) is 2.21. The maximum Gasteiger partial charge on any atom is 0.299 e. The average molecular weight is 250 g/mol. The van der Waals surface area contributed by atoms with E-state index in [4.69, 9.17) is 11.6 Å². The van der Waals surface area contributed by atoms with Crippen LogP contribution in [0.5, 0.6) is 0 Å². The van der Waals surface area contributed by atoms with E-state index in [9.17, 15) is 8.42 Å². The Bertz CT molecular complexity index is 422. The summed E-state index contributed by atoms with van der Waals surface area (Å²) in [4.78, 5) is 3.75. The number of nitrogens with zero attached hydrogens (tertiary/aromatic N) is 1. The lowest BCUT2D eigenvalue weighted by Gasteiger charge is -2.08. The minimum Gasteiger partial charge on any atom is -0.268 e. The molecule has 0 saturated carbocycles. The van der Waals surface area contributed by atoms with Crippen molar-refractivity contribution in [1.29, 1.82) is 0 Å². The molecule has 0 fully saturated rings. The number of pyridine rings is 1. The average Bonchev–Trinajstić information content (AvgIpc) is 2.18. The second-order valence-corrected chi connectivity index (χ2v) is 4.70. The van der Waals surface area contributed by atoms with Crippen molar-refractivity contribution in [3.63, 3.8) is 0 Å². The van der Waals surface area contributed by atoms with Gasteiger partial charge in [-0.3, -0.25) is 4.72 Å². The summed E-state index contributed by atoms with van der Waals surface area (Å²) in [5, 5.41) is 0.124. The molecule has 84 valence electrons. The van der Waals surface area contributed by atoms with Crippen molar-refractivity contribution in [3.05, 3.63) is 23.5 Å². The van der Waals surface area contributed by atoms with E-state index >= 15 is 0 Å². The Morgan fingerprint density at radius 3 is 2.87 bits per heavy atom. The highest BCUT2D eigenvalue weighted by molar-refractivity contribution is 7.90. The number of rotatable bonds is 5. The third-order valence-electron chi connectivity index (χ3n) is 1.55. The van der Waals surface area contributed by atoms with Gasteiger partial charge in [-0.05, 0) is 18.6 Å². The summed E-state index contributed by atoms with van der Waals surface area (Å²) >= 11 is 5.70. The van der Waals surface area contributed by atoms with E-state index in [1.54, 1.807) is 12.1 Å². The van der Waals surface area contributed by atoms with Crippen LogP contribution >= 0.6 is 11.6 Å². The van der Waals surface area contributed by atoms with Gasteiger partial charge in [0.05, 0.1) is 5.69 Å². The normalized spacial score (nSPS) is 11.3. The highest BCUT2D eigenvalue weighted by atomic mass is 35.5. The van der Waals surface area contributed by atoms with Crippen molar-refractivity contribution in [2.75, 3.05) is 11.3 Å². The largest absolute Gasteiger partial charge is 0.299 e. The number of halogens is 1. The molecular formula is C8H12ClN3O2S. The van der Waals surface area contributed by atoms with Gasteiger partial charge in [0, 0.05) is 12.7 Å². The van der Waals surface area contributed by atoms with Crippen molar-refractivity contribution in [2.24, 2.45) is 0 Å². The highest BCUT2D eigenvalue weighted by Crippen LogP contribution is 2.18. The fourth-order valence-electron chi connectivity index (χ4n) is 0.879. The Hall–Kier alpha value is -0.850. The van der Waals surface area contributed by atoms with Gasteiger partial charge in [0.1, 0.15) is 0 Å². The molecule has 0 bridgehead atoms. The highest BCUT2D eigenvalue weighted by Gasteiger charge is 2.10. The number of aromatic nitrogens is 1. The zero-order valence-corrected chi connectivity index (χ0v) is 9.77. The van der Waals surface area contributed by atoms with Crippen molar-refractivity contribution in [1.82, 2.24) is 9.71 Å². The molecule has 1 rings (SSSR count). The van der Waals surface area contributed by atoms with Gasteiger partial charge in [0.15, 0.2) is 5.15 Å². The molecule has 0 saturated heterocycles. The lowest BCUT2D eigenvalue weighted by Crippen LogP contribution is -2.30. The molecule has 1 aromatic rings. The molecule has 7 heteroatoms. The zero-order valence-electron chi connectivity index (χ0n) is 8.20. The minimum absolute atomic E-state index is 0.124. The quantitative estimate of drug-likeness (QED) is 0.775. The van der Waals surface area contributed by atoms with Crippen LogP contribution in [0, 0.1) is 0 Å². The fraction of sp³-hybridized carbons (Fsp3) is 0.375. The number of hydrogen-bond acceptors (Lipinski definition) is 3. The van der Waals surface area contributed by atoms with Gasteiger partial charge in [0.2, 0.25) is 0 Å². The molecule has 1 heterocycles. The molecule has 0 amide bonds. The molecule has 0 radical (unpaired) electrons. The first-order valence-electron chi connectivity index (χ1n) is 4.43. The smallest absolute Gasteiger partial charge is 0.268 e. The van der Waals surface area contributed by atoms with Crippen LogP contribution in [-0.4, -0.2) is 19.9 Å². The summed E-state index contributed by atoms with van der Waals surface area (Å²) in [6, 6.07) is 3.14. The molecule has 15 heavy (non-hydrogen) atoms. The topological polar surface area (TPSA) is 71.1 Å². The van der Waals surface area contributed by atoms with Crippen molar-refractivity contribution in [2.45, 2.75) is 13.3 Å². The van der Waals surface area contributed by atoms with E-state index in [1.807, 2.05) is 6.92 Å². The first-order valence-corrected chi connectivity index (χ1v) is 6.29. The SMILES string of the molecule is CCCNS(=O)(=O)Nc1cccnc1Cl. The lowest BCUT2D eigenvalue weighted by atomic mass is 10.4. The van der Waals surface area contributed by atoms with Gasteiger partial charge in [-0.15, -0.1) is 0 Å². The fourth-order valence-corrected chi connectivity index (χ4v) is 2.10. The van der Waals surface area contributed by atoms with Crippen LogP contribution < -0.4 is 9.44 Å². The van der Waals surface area contributed by atoms with E-state index in [-0.39, 0.29) is 10.8 Å². The number of nitrogens with one attached hydrogen (secondary N) is 2. The molecular weight excluding hydrogens is 238 g/mol. The van der Waals surface area contributed by atoms with Crippen LogP contribution in [0.4, 0.5) is 5.69 Å². The number of hydrogen-bond donors (Lipinski definition) is 2. The van der Waals surface area contributed by atoms with E-state index in [1.165, 1.54) is 6.20 Å². The van der Waals surface area contributed by atoms with Crippen LogP contribution in [0.1, 0.15) is 13.3 Å². The van der Waals surface area contributed by atoms with Crippen LogP contribution in [0.2, 0.25) is 5.15 Å². The van der Waals surface area contributed by atoms with Gasteiger partial charge in [-0.1, -0.05) is 18.5 Å². The predicted octanol–water partition coefficient (Wildman–Crippen LogP) is 1.39. The Kier molecular flexibility index (Phi) is 4.31. The molecule has 0 aromatic carbocycles. The van der Waals surface area contributed by atoms with E-state index in [0.29, 0.717) is 6.54 Å². The Labute approximate surface area is 94.0 Å². The van der Waals surface area contributed by atoms with E-state index in [0.717, 1.165) is 6.42 Å². The third kappa shape index (κ3) is 4.03. The van der Waals surface area contributed by atoms with Gasteiger partial charge >= 0.3 is 0 Å². The maximum atomic E-state index is 11.4. The molecule has 1 aromatic heterocycles. The predicted molar refractivity (Wildman–Crippen MR) is 60.1 cm³/mol. The van der Waals surface area contributed by atoms with E-state index < -0.39 is 10.2 Å². The van der Waals surface area contributed by atoms with Crippen LogP contribution in [0.15, 0.2) is 18.3 Å². The van der Waals surface area contributed by atoms with Crippen LogP contribution in [0.3, 0.4) is 0 Å². The molecule has 2 N–H and O–H groups in total. The Balaban J connectivity index is 2.74. The lowest BCUT2D eigenvalue weighted by molar-refractivity contribution is 0.586. The Morgan fingerprint density at radius 2 is 2.27 bits per heavy atom. The van der Waals surface area contributed by atoms with Gasteiger partial charge in [0.25, 0.3) is 10.2 Å². The van der Waals surface area contributed by atoms with Crippen molar-refractivity contribution in [3.8, 4) is 0 Å². The van der Waals surface area contributed by atoms with Gasteiger partial charge in [-0.25, -0.2) is 4.98 Å². The molecule has 0 aliphatic heterocycles. The second-order valence-electron chi connectivity index (χ2n) is 2.84. The Morgan fingerprint density at radius 1 is 1.53 bits per heavy atom. The summed E-state index contributed by atoms with van der Waals surface area (Å²) in [5.41, 5.74) is 0.266. The van der Waals surface area contributed by atoms with Gasteiger partial charge in [-0.2, -0.15) is 13.1 Å². The van der Waals surface area contributed by atoms with E-state index in [2.05, 4.69) is 14.4 Å². The van der Waals surface area contributed by atoms with Crippen LogP contribution in [0.25, 0.3) is 0 Å². The molecule has 0 aliphatic carbocycles. The third-order valence-corrected chi connectivity index (χ3v) is 2.92. The summed E-state index contributed by atoms with van der Waals surface area (Å²) in [5.74, 6) is 0. The van der Waals surface area contributed by atoms with Crippen molar-refractivity contribution < 1.29 is 8.42 Å². The van der Waals surface area contributed by atoms with Crippen molar-refractivity contribution >= 4 is 27.5 Å². The molecule has 0 unspecified atom stereocenters. The monoisotopic (exact) mass is 249 g/mol. The maximum absolute atomic E-state index is 11.4. The van der Waals surface area contributed by atoms with Gasteiger partial charge < -0.3 is 0 Å². The summed E-state index contributed by atoms with van der Waals surface area (Å²) in [6.45, 7) is 2.26.